The van der Waals surface area contributed by atoms with Gasteiger partial charge < -0.3 is 15.4 Å². The van der Waals surface area contributed by atoms with E-state index in [-0.39, 0.29) is 10.8 Å². The van der Waals surface area contributed by atoms with Gasteiger partial charge in [-0.05, 0) is 97.8 Å². The summed E-state index contributed by atoms with van der Waals surface area (Å²) in [5.74, 6) is 0. The number of nitrogens with zero attached hydrogens (tertiary/aromatic N) is 2. The van der Waals surface area contributed by atoms with Crippen LogP contribution in [-0.4, -0.2) is 36.3 Å². The second-order valence-corrected chi connectivity index (χ2v) is 15.7. The minimum absolute atomic E-state index is 0.0117. The van der Waals surface area contributed by atoms with E-state index < -0.39 is 0 Å². The number of anilines is 2. The molecule has 0 saturated heterocycles. The van der Waals surface area contributed by atoms with Gasteiger partial charge in [0.15, 0.2) is 0 Å². The number of fused-ring (bicyclic) bond motifs is 2. The fourth-order valence-electron chi connectivity index (χ4n) is 5.16. The molecule has 0 spiro atoms. The van der Waals surface area contributed by atoms with Crippen molar-refractivity contribution in [2.24, 2.45) is 10.8 Å². The molecular weight excluding hydrogens is 593 g/mol. The molecule has 0 aliphatic carbocycles. The van der Waals surface area contributed by atoms with Gasteiger partial charge in [0.1, 0.15) is 10.0 Å². The quantitative estimate of drug-likeness (QED) is 0.140. The van der Waals surface area contributed by atoms with Crippen LogP contribution in [0, 0.1) is 24.7 Å². The van der Waals surface area contributed by atoms with Gasteiger partial charge in [0, 0.05) is 46.4 Å². The lowest BCUT2D eigenvalue weighted by molar-refractivity contribution is 0.0237. The van der Waals surface area contributed by atoms with Gasteiger partial charge in [-0.15, -0.1) is 22.7 Å². The fraction of sp³-hybridized carbons (Fsp3) is 0.316. The van der Waals surface area contributed by atoms with Crippen LogP contribution >= 0.6 is 22.7 Å². The van der Waals surface area contributed by atoms with Crippen LogP contribution in [0.15, 0.2) is 84.9 Å². The SMILES string of the molecule is Cc1ccc2nc(-c3ccc(NCC(C)(C)COCC(C)(C)CNc4ccc(-c5nc6ccc(C)cc6s5)cc4)cc3)sc2c1. The highest BCUT2D eigenvalue weighted by atomic mass is 32.1. The first-order chi connectivity index (χ1) is 21.5. The summed E-state index contributed by atoms with van der Waals surface area (Å²) in [4.78, 5) is 9.64. The Balaban J connectivity index is 0.948. The van der Waals surface area contributed by atoms with Gasteiger partial charge in [-0.3, -0.25) is 0 Å². The van der Waals surface area contributed by atoms with Crippen LogP contribution in [0.25, 0.3) is 41.6 Å². The Hall–Kier alpha value is -3.78. The molecule has 0 aliphatic rings. The minimum atomic E-state index is -0.0117. The molecule has 0 fully saturated rings. The summed E-state index contributed by atoms with van der Waals surface area (Å²) < 4.78 is 8.74. The van der Waals surface area contributed by atoms with Crippen molar-refractivity contribution in [2.45, 2.75) is 41.5 Å². The van der Waals surface area contributed by atoms with E-state index in [0.717, 1.165) is 56.6 Å². The highest BCUT2D eigenvalue weighted by molar-refractivity contribution is 7.22. The Morgan fingerprint density at radius 3 is 1.38 bits per heavy atom. The lowest BCUT2D eigenvalue weighted by atomic mass is 9.93. The number of aryl methyl sites for hydroxylation is 2. The second-order valence-electron chi connectivity index (χ2n) is 13.7. The van der Waals surface area contributed by atoms with Crippen molar-refractivity contribution in [3.63, 3.8) is 0 Å². The third kappa shape index (κ3) is 7.90. The van der Waals surface area contributed by atoms with E-state index in [1.165, 1.54) is 20.5 Å². The van der Waals surface area contributed by atoms with Crippen LogP contribution in [-0.2, 0) is 4.74 Å². The van der Waals surface area contributed by atoms with E-state index in [9.17, 15) is 0 Å². The van der Waals surface area contributed by atoms with Gasteiger partial charge in [0.05, 0.1) is 33.6 Å². The zero-order chi connectivity index (χ0) is 31.6. The highest BCUT2D eigenvalue weighted by Crippen LogP contribution is 2.33. The van der Waals surface area contributed by atoms with E-state index in [1.807, 2.05) is 0 Å². The van der Waals surface area contributed by atoms with Crippen molar-refractivity contribution in [1.29, 1.82) is 0 Å². The molecule has 45 heavy (non-hydrogen) atoms. The molecule has 4 aromatic carbocycles. The molecule has 2 N–H and O–H groups in total. The van der Waals surface area contributed by atoms with Crippen molar-refractivity contribution in [1.82, 2.24) is 9.97 Å². The van der Waals surface area contributed by atoms with E-state index in [0.29, 0.717) is 13.2 Å². The molecule has 0 radical (unpaired) electrons. The summed E-state index contributed by atoms with van der Waals surface area (Å²) in [5, 5.41) is 9.33. The largest absolute Gasteiger partial charge is 0.384 e. The Bertz CT molecular complexity index is 1760. The summed E-state index contributed by atoms with van der Waals surface area (Å²) in [6, 6.07) is 30.1. The van der Waals surface area contributed by atoms with E-state index in [2.05, 4.69) is 137 Å². The van der Waals surface area contributed by atoms with Gasteiger partial charge in [-0.2, -0.15) is 0 Å². The van der Waals surface area contributed by atoms with Crippen molar-refractivity contribution in [3.05, 3.63) is 96.1 Å². The van der Waals surface area contributed by atoms with Gasteiger partial charge in [0.25, 0.3) is 0 Å². The first-order valence-electron chi connectivity index (χ1n) is 15.5. The topological polar surface area (TPSA) is 59.1 Å². The third-order valence-electron chi connectivity index (χ3n) is 7.88. The normalized spacial score (nSPS) is 12.2. The Morgan fingerprint density at radius 2 is 0.978 bits per heavy atom. The molecule has 232 valence electrons. The molecule has 0 amide bonds. The van der Waals surface area contributed by atoms with Gasteiger partial charge in [-0.25, -0.2) is 9.97 Å². The van der Waals surface area contributed by atoms with E-state index in [1.54, 1.807) is 22.7 Å². The number of hydrogen-bond acceptors (Lipinski definition) is 7. The van der Waals surface area contributed by atoms with Crippen LogP contribution in [0.4, 0.5) is 11.4 Å². The standard InChI is InChI=1S/C38H42N4OS2/c1-25-7-17-31-33(19-25)44-35(41-31)27-9-13-29(14-10-27)39-21-37(3,4)23-43-24-38(5,6)22-40-30-15-11-28(12-16-30)36-42-32-18-8-26(2)20-34(32)45-36/h7-20,39-40H,21-24H2,1-6H3. The predicted octanol–water partition coefficient (Wildman–Crippen LogP) is 10.4. The van der Waals surface area contributed by atoms with E-state index >= 15 is 0 Å². The molecule has 2 heterocycles. The summed E-state index contributed by atoms with van der Waals surface area (Å²) in [6.45, 7) is 16.3. The Morgan fingerprint density at radius 1 is 0.578 bits per heavy atom. The number of ether oxygens (including phenoxy) is 1. The highest BCUT2D eigenvalue weighted by Gasteiger charge is 2.23. The summed E-state index contributed by atoms with van der Waals surface area (Å²) in [5.41, 5.74) is 9.15. The first kappa shape index (κ1) is 31.2. The van der Waals surface area contributed by atoms with Gasteiger partial charge >= 0.3 is 0 Å². The predicted molar refractivity (Wildman–Crippen MR) is 195 cm³/mol. The van der Waals surface area contributed by atoms with Crippen molar-refractivity contribution in [3.8, 4) is 21.1 Å². The first-order valence-corrected chi connectivity index (χ1v) is 17.2. The molecular formula is C38H42N4OS2. The van der Waals surface area contributed by atoms with Crippen molar-refractivity contribution in [2.75, 3.05) is 36.9 Å². The molecule has 2 aromatic heterocycles. The summed E-state index contributed by atoms with van der Waals surface area (Å²) in [6.07, 6.45) is 0. The number of aromatic nitrogens is 2. The second kappa shape index (κ2) is 12.9. The molecule has 6 aromatic rings. The summed E-state index contributed by atoms with van der Waals surface area (Å²) >= 11 is 3.49. The molecule has 0 bridgehead atoms. The smallest absolute Gasteiger partial charge is 0.124 e. The van der Waals surface area contributed by atoms with Crippen LogP contribution in [0.1, 0.15) is 38.8 Å². The number of thiazole rings is 2. The maximum atomic E-state index is 6.27. The Labute approximate surface area is 274 Å². The molecule has 0 aliphatic heterocycles. The van der Waals surface area contributed by atoms with Crippen LogP contribution < -0.4 is 10.6 Å². The molecule has 6 rings (SSSR count). The zero-order valence-electron chi connectivity index (χ0n) is 27.0. The summed E-state index contributed by atoms with van der Waals surface area (Å²) in [7, 11) is 0. The molecule has 0 unspecified atom stereocenters. The van der Waals surface area contributed by atoms with Gasteiger partial charge in [-0.1, -0.05) is 39.8 Å². The molecule has 0 atom stereocenters. The van der Waals surface area contributed by atoms with Gasteiger partial charge in [0.2, 0.25) is 0 Å². The average molecular weight is 635 g/mol. The number of hydrogen-bond donors (Lipinski definition) is 2. The monoisotopic (exact) mass is 634 g/mol. The Kier molecular flexibility index (Phi) is 8.96. The molecule has 0 saturated carbocycles. The number of nitrogens with one attached hydrogen (secondary N) is 2. The van der Waals surface area contributed by atoms with Crippen molar-refractivity contribution >= 4 is 54.5 Å². The van der Waals surface area contributed by atoms with Crippen LogP contribution in [0.3, 0.4) is 0 Å². The van der Waals surface area contributed by atoms with Crippen molar-refractivity contribution < 1.29 is 4.74 Å². The van der Waals surface area contributed by atoms with E-state index in [4.69, 9.17) is 14.7 Å². The molecule has 5 nitrogen and oxygen atoms in total. The minimum Gasteiger partial charge on any atom is -0.384 e. The zero-order valence-corrected chi connectivity index (χ0v) is 28.7. The lowest BCUT2D eigenvalue weighted by Gasteiger charge is -2.30. The van der Waals surface area contributed by atoms with Crippen LogP contribution in [0.5, 0.6) is 0 Å². The lowest BCUT2D eigenvalue weighted by Crippen LogP contribution is -2.33. The number of benzene rings is 4. The third-order valence-corrected chi connectivity index (χ3v) is 10.0. The maximum Gasteiger partial charge on any atom is 0.124 e. The number of rotatable bonds is 12. The maximum absolute atomic E-state index is 6.27. The fourth-order valence-corrected chi connectivity index (χ4v) is 7.30. The van der Waals surface area contributed by atoms with Crippen LogP contribution in [0.2, 0.25) is 0 Å². The average Bonchev–Trinajstić information content (AvgIpc) is 3.63. The molecule has 7 heteroatoms.